The molecule has 1 N–H and O–H groups in total. The van der Waals surface area contributed by atoms with Crippen LogP contribution in [0.25, 0.3) is 0 Å². The molecular weight excluding hydrogens is 187 g/mol. The van der Waals surface area contributed by atoms with Crippen molar-refractivity contribution in [1.29, 1.82) is 0 Å². The SMILES string of the molecule is CCC(C)c1ncnc(C(=O)O)c1F. The Bertz CT molecular complexity index is 355. The van der Waals surface area contributed by atoms with Crippen molar-refractivity contribution in [3.05, 3.63) is 23.5 Å². The number of nitrogens with zero attached hydrogens (tertiary/aromatic N) is 2. The normalized spacial score (nSPS) is 12.5. The second-order valence-corrected chi connectivity index (χ2v) is 3.04. The third-order valence-electron chi connectivity index (χ3n) is 2.10. The lowest BCUT2D eigenvalue weighted by Gasteiger charge is -2.08. The summed E-state index contributed by atoms with van der Waals surface area (Å²) in [7, 11) is 0. The van der Waals surface area contributed by atoms with Crippen molar-refractivity contribution in [3.63, 3.8) is 0 Å². The van der Waals surface area contributed by atoms with Gasteiger partial charge in [0.2, 0.25) is 0 Å². The molecule has 0 aliphatic rings. The monoisotopic (exact) mass is 198 g/mol. The first kappa shape index (κ1) is 10.6. The molecule has 0 fully saturated rings. The number of carboxylic acid groups (broad SMARTS) is 1. The molecule has 14 heavy (non-hydrogen) atoms. The maximum absolute atomic E-state index is 13.5. The van der Waals surface area contributed by atoms with Gasteiger partial charge in [0.1, 0.15) is 6.33 Å². The Hall–Kier alpha value is -1.52. The van der Waals surface area contributed by atoms with Gasteiger partial charge in [0.25, 0.3) is 0 Å². The highest BCUT2D eigenvalue weighted by Gasteiger charge is 2.19. The van der Waals surface area contributed by atoms with Crippen LogP contribution in [-0.2, 0) is 0 Å². The van der Waals surface area contributed by atoms with Gasteiger partial charge in [-0.2, -0.15) is 0 Å². The van der Waals surface area contributed by atoms with Gasteiger partial charge in [-0.15, -0.1) is 0 Å². The third-order valence-corrected chi connectivity index (χ3v) is 2.10. The maximum atomic E-state index is 13.5. The summed E-state index contributed by atoms with van der Waals surface area (Å²) in [5, 5.41) is 8.61. The van der Waals surface area contributed by atoms with Gasteiger partial charge in [-0.1, -0.05) is 13.8 Å². The maximum Gasteiger partial charge on any atom is 0.357 e. The summed E-state index contributed by atoms with van der Waals surface area (Å²) in [5.74, 6) is -2.29. The van der Waals surface area contributed by atoms with Crippen LogP contribution in [0.1, 0.15) is 42.4 Å². The molecule has 0 saturated carbocycles. The Morgan fingerprint density at radius 3 is 2.79 bits per heavy atom. The Balaban J connectivity index is 3.20. The highest BCUT2D eigenvalue weighted by atomic mass is 19.1. The van der Waals surface area contributed by atoms with Gasteiger partial charge in [0.05, 0.1) is 5.69 Å². The molecule has 76 valence electrons. The molecule has 0 bridgehead atoms. The molecular formula is C9H11FN2O2. The van der Waals surface area contributed by atoms with Crippen LogP contribution >= 0.6 is 0 Å². The van der Waals surface area contributed by atoms with Crippen molar-refractivity contribution in [2.24, 2.45) is 0 Å². The minimum atomic E-state index is -1.37. The van der Waals surface area contributed by atoms with Crippen molar-refractivity contribution in [2.45, 2.75) is 26.2 Å². The Labute approximate surface area is 80.8 Å². The van der Waals surface area contributed by atoms with Gasteiger partial charge in [-0.25, -0.2) is 19.2 Å². The van der Waals surface area contributed by atoms with E-state index in [0.717, 1.165) is 6.33 Å². The van der Waals surface area contributed by atoms with E-state index in [2.05, 4.69) is 9.97 Å². The van der Waals surface area contributed by atoms with Gasteiger partial charge >= 0.3 is 5.97 Å². The first-order valence-corrected chi connectivity index (χ1v) is 4.31. The second-order valence-electron chi connectivity index (χ2n) is 3.04. The van der Waals surface area contributed by atoms with Gasteiger partial charge in [0, 0.05) is 5.92 Å². The molecule has 0 spiro atoms. The van der Waals surface area contributed by atoms with Crippen molar-refractivity contribution in [3.8, 4) is 0 Å². The number of carboxylic acids is 1. The lowest BCUT2D eigenvalue weighted by Crippen LogP contribution is -2.10. The third kappa shape index (κ3) is 1.86. The van der Waals surface area contributed by atoms with Crippen molar-refractivity contribution < 1.29 is 14.3 Å². The van der Waals surface area contributed by atoms with Crippen LogP contribution in [0.15, 0.2) is 6.33 Å². The molecule has 0 radical (unpaired) electrons. The molecule has 1 atom stereocenters. The quantitative estimate of drug-likeness (QED) is 0.804. The summed E-state index contributed by atoms with van der Waals surface area (Å²) >= 11 is 0. The van der Waals surface area contributed by atoms with Crippen LogP contribution in [0.3, 0.4) is 0 Å². The Morgan fingerprint density at radius 1 is 1.64 bits per heavy atom. The lowest BCUT2D eigenvalue weighted by molar-refractivity contribution is 0.0684. The van der Waals surface area contributed by atoms with Crippen molar-refractivity contribution in [2.75, 3.05) is 0 Å². The molecule has 1 unspecified atom stereocenters. The van der Waals surface area contributed by atoms with Gasteiger partial charge in [-0.3, -0.25) is 0 Å². The average molecular weight is 198 g/mol. The number of hydrogen-bond donors (Lipinski definition) is 1. The van der Waals surface area contributed by atoms with Crippen LogP contribution in [0, 0.1) is 5.82 Å². The average Bonchev–Trinajstić information content (AvgIpc) is 2.16. The largest absolute Gasteiger partial charge is 0.476 e. The van der Waals surface area contributed by atoms with E-state index in [0.29, 0.717) is 6.42 Å². The van der Waals surface area contributed by atoms with Crippen LogP contribution < -0.4 is 0 Å². The van der Waals surface area contributed by atoms with Crippen molar-refractivity contribution >= 4 is 5.97 Å². The number of aromatic nitrogens is 2. The molecule has 1 aromatic rings. The zero-order chi connectivity index (χ0) is 10.7. The minimum absolute atomic E-state index is 0.101. The number of aromatic carboxylic acids is 1. The topological polar surface area (TPSA) is 63.1 Å². The summed E-state index contributed by atoms with van der Waals surface area (Å²) in [6.45, 7) is 3.67. The number of rotatable bonds is 3. The summed E-state index contributed by atoms with van der Waals surface area (Å²) < 4.78 is 13.5. The molecule has 0 aliphatic heterocycles. The fourth-order valence-corrected chi connectivity index (χ4v) is 1.07. The lowest BCUT2D eigenvalue weighted by atomic mass is 10.0. The molecule has 4 nitrogen and oxygen atoms in total. The first-order chi connectivity index (χ1) is 6.57. The molecule has 0 saturated heterocycles. The van der Waals surface area contributed by atoms with E-state index in [-0.39, 0.29) is 11.6 Å². The fraction of sp³-hybridized carbons (Fsp3) is 0.444. The highest BCUT2D eigenvalue weighted by molar-refractivity contribution is 5.85. The van der Waals surface area contributed by atoms with Gasteiger partial charge < -0.3 is 5.11 Å². The Kier molecular flexibility index (Phi) is 3.11. The van der Waals surface area contributed by atoms with Gasteiger partial charge in [0.15, 0.2) is 11.5 Å². The van der Waals surface area contributed by atoms with E-state index in [9.17, 15) is 9.18 Å². The molecule has 5 heteroatoms. The van der Waals surface area contributed by atoms with E-state index in [1.807, 2.05) is 6.92 Å². The molecule has 1 heterocycles. The van der Waals surface area contributed by atoms with E-state index in [1.54, 1.807) is 6.92 Å². The molecule has 0 aliphatic carbocycles. The number of hydrogen-bond acceptors (Lipinski definition) is 3. The molecule has 0 aromatic carbocycles. The highest BCUT2D eigenvalue weighted by Crippen LogP contribution is 2.20. The number of carbonyl (C=O) groups is 1. The first-order valence-electron chi connectivity index (χ1n) is 4.31. The van der Waals surface area contributed by atoms with Crippen LogP contribution in [0.4, 0.5) is 4.39 Å². The minimum Gasteiger partial charge on any atom is -0.476 e. The van der Waals surface area contributed by atoms with Crippen molar-refractivity contribution in [1.82, 2.24) is 9.97 Å². The summed E-state index contributed by atoms with van der Waals surface area (Å²) in [5.41, 5.74) is -0.393. The van der Waals surface area contributed by atoms with E-state index in [1.165, 1.54) is 0 Å². The number of halogens is 1. The van der Waals surface area contributed by atoms with Gasteiger partial charge in [-0.05, 0) is 6.42 Å². The molecule has 0 amide bonds. The molecule has 1 rings (SSSR count). The van der Waals surface area contributed by atoms with E-state index < -0.39 is 17.5 Å². The molecule has 1 aromatic heterocycles. The summed E-state index contributed by atoms with van der Waals surface area (Å²) in [4.78, 5) is 17.7. The zero-order valence-corrected chi connectivity index (χ0v) is 7.99. The summed E-state index contributed by atoms with van der Waals surface area (Å²) in [6, 6.07) is 0. The predicted molar refractivity (Wildman–Crippen MR) is 47.7 cm³/mol. The smallest absolute Gasteiger partial charge is 0.357 e. The van der Waals surface area contributed by atoms with E-state index >= 15 is 0 Å². The Morgan fingerprint density at radius 2 is 2.29 bits per heavy atom. The van der Waals surface area contributed by atoms with E-state index in [4.69, 9.17) is 5.11 Å². The van der Waals surface area contributed by atoms with Crippen LogP contribution in [-0.4, -0.2) is 21.0 Å². The van der Waals surface area contributed by atoms with Crippen LogP contribution in [0.5, 0.6) is 0 Å². The second kappa shape index (κ2) is 4.13. The standard InChI is InChI=1S/C9H11FN2O2/c1-3-5(2)7-6(10)8(9(13)14)12-4-11-7/h4-5H,3H2,1-2H3,(H,13,14). The fourth-order valence-electron chi connectivity index (χ4n) is 1.07. The predicted octanol–water partition coefficient (Wildman–Crippen LogP) is 1.83. The zero-order valence-electron chi connectivity index (χ0n) is 7.99. The van der Waals surface area contributed by atoms with Crippen LogP contribution in [0.2, 0.25) is 0 Å². The summed E-state index contributed by atoms with van der Waals surface area (Å²) in [6.07, 6.45) is 1.78.